The largest absolute Gasteiger partial charge is 0.378 e. The number of carbonyl (C=O) groups excluding carboxylic acids is 1. The van der Waals surface area contributed by atoms with Crippen LogP contribution in [0.25, 0.3) is 0 Å². The van der Waals surface area contributed by atoms with Gasteiger partial charge in [0.1, 0.15) is 5.69 Å². The van der Waals surface area contributed by atoms with Gasteiger partial charge in [-0.15, -0.1) is 0 Å². The fraction of sp³-hybridized carbons (Fsp3) is 0.538. The van der Waals surface area contributed by atoms with E-state index in [0.29, 0.717) is 17.9 Å². The normalized spacial score (nSPS) is 18.9. The number of hydrogen-bond acceptors (Lipinski definition) is 5. The SMILES string of the molecule is NNc1ccnc(C(=O)NCCC2CCCCO2)c1. The van der Waals surface area contributed by atoms with Crippen molar-refractivity contribution < 1.29 is 9.53 Å². The molecule has 104 valence electrons. The Labute approximate surface area is 112 Å². The number of nitrogens with zero attached hydrogens (tertiary/aromatic N) is 1. The van der Waals surface area contributed by atoms with Crippen LogP contribution in [0.1, 0.15) is 36.2 Å². The Morgan fingerprint density at radius 2 is 2.42 bits per heavy atom. The van der Waals surface area contributed by atoms with Gasteiger partial charge >= 0.3 is 0 Å². The van der Waals surface area contributed by atoms with Gasteiger partial charge in [0.05, 0.1) is 11.8 Å². The minimum atomic E-state index is -0.187. The lowest BCUT2D eigenvalue weighted by Crippen LogP contribution is -2.30. The third-order valence-electron chi connectivity index (χ3n) is 3.19. The first-order valence-electron chi connectivity index (χ1n) is 6.62. The van der Waals surface area contributed by atoms with Crippen molar-refractivity contribution in [1.82, 2.24) is 10.3 Å². The first-order valence-corrected chi connectivity index (χ1v) is 6.62. The van der Waals surface area contributed by atoms with E-state index in [4.69, 9.17) is 10.6 Å². The zero-order chi connectivity index (χ0) is 13.5. The molecule has 1 aliphatic heterocycles. The number of carbonyl (C=O) groups is 1. The second-order valence-electron chi connectivity index (χ2n) is 4.61. The van der Waals surface area contributed by atoms with Crippen molar-refractivity contribution in [2.45, 2.75) is 31.8 Å². The molecule has 2 heterocycles. The zero-order valence-electron chi connectivity index (χ0n) is 10.9. The van der Waals surface area contributed by atoms with Gasteiger partial charge in [-0.25, -0.2) is 0 Å². The van der Waals surface area contributed by atoms with Crippen molar-refractivity contribution in [2.24, 2.45) is 5.84 Å². The van der Waals surface area contributed by atoms with Crippen molar-refractivity contribution in [3.05, 3.63) is 24.0 Å². The molecule has 6 heteroatoms. The highest BCUT2D eigenvalue weighted by Crippen LogP contribution is 2.15. The van der Waals surface area contributed by atoms with Crippen molar-refractivity contribution in [3.8, 4) is 0 Å². The molecule has 1 aliphatic rings. The molecule has 1 fully saturated rings. The number of aromatic nitrogens is 1. The number of hydrogen-bond donors (Lipinski definition) is 3. The first-order chi connectivity index (χ1) is 9.29. The molecular weight excluding hydrogens is 244 g/mol. The van der Waals surface area contributed by atoms with Gasteiger partial charge in [-0.1, -0.05) is 0 Å². The molecule has 1 saturated heterocycles. The Morgan fingerprint density at radius 1 is 1.53 bits per heavy atom. The molecule has 0 radical (unpaired) electrons. The van der Waals surface area contributed by atoms with Crippen LogP contribution in [0.5, 0.6) is 0 Å². The molecule has 0 bridgehead atoms. The van der Waals surface area contributed by atoms with E-state index in [1.165, 1.54) is 6.42 Å². The fourth-order valence-corrected chi connectivity index (χ4v) is 2.12. The van der Waals surface area contributed by atoms with E-state index < -0.39 is 0 Å². The van der Waals surface area contributed by atoms with Gasteiger partial charge in [0.15, 0.2) is 0 Å². The Kier molecular flexibility index (Phi) is 5.11. The van der Waals surface area contributed by atoms with Gasteiger partial charge < -0.3 is 15.5 Å². The van der Waals surface area contributed by atoms with Crippen molar-refractivity contribution in [2.75, 3.05) is 18.6 Å². The molecule has 1 atom stereocenters. The summed E-state index contributed by atoms with van der Waals surface area (Å²) in [6.07, 6.45) is 6.12. The maximum Gasteiger partial charge on any atom is 0.269 e. The number of pyridine rings is 1. The number of nitrogens with two attached hydrogens (primary N) is 1. The number of amides is 1. The second kappa shape index (κ2) is 7.06. The molecule has 0 aromatic carbocycles. The van der Waals surface area contributed by atoms with Gasteiger partial charge in [0.2, 0.25) is 0 Å². The van der Waals surface area contributed by atoms with Gasteiger partial charge in [-0.05, 0) is 37.8 Å². The molecule has 1 unspecified atom stereocenters. The second-order valence-corrected chi connectivity index (χ2v) is 4.61. The van der Waals surface area contributed by atoms with Gasteiger partial charge in [-0.3, -0.25) is 15.6 Å². The smallest absolute Gasteiger partial charge is 0.269 e. The summed E-state index contributed by atoms with van der Waals surface area (Å²) in [6, 6.07) is 3.32. The number of anilines is 1. The molecule has 1 aromatic heterocycles. The molecule has 4 N–H and O–H groups in total. The van der Waals surface area contributed by atoms with E-state index in [-0.39, 0.29) is 12.0 Å². The predicted molar refractivity (Wildman–Crippen MR) is 72.6 cm³/mol. The van der Waals surface area contributed by atoms with Crippen LogP contribution in [-0.2, 0) is 4.74 Å². The van der Waals surface area contributed by atoms with Gasteiger partial charge in [0.25, 0.3) is 5.91 Å². The van der Waals surface area contributed by atoms with Crippen LogP contribution in [0.4, 0.5) is 5.69 Å². The van der Waals surface area contributed by atoms with Gasteiger partial charge in [-0.2, -0.15) is 0 Å². The highest BCUT2D eigenvalue weighted by Gasteiger charge is 2.14. The Bertz CT molecular complexity index is 419. The maximum atomic E-state index is 11.9. The molecular formula is C13H20N4O2. The molecule has 0 aliphatic carbocycles. The molecule has 0 saturated carbocycles. The molecule has 1 amide bonds. The van der Waals surface area contributed by atoms with Crippen molar-refractivity contribution in [1.29, 1.82) is 0 Å². The Morgan fingerprint density at radius 3 is 3.16 bits per heavy atom. The van der Waals surface area contributed by atoms with Crippen LogP contribution in [0, 0.1) is 0 Å². The number of rotatable bonds is 5. The first kappa shape index (κ1) is 13.8. The summed E-state index contributed by atoms with van der Waals surface area (Å²) in [7, 11) is 0. The lowest BCUT2D eigenvalue weighted by atomic mass is 10.1. The van der Waals surface area contributed by atoms with Crippen LogP contribution in [0.3, 0.4) is 0 Å². The minimum absolute atomic E-state index is 0.187. The third-order valence-corrected chi connectivity index (χ3v) is 3.19. The summed E-state index contributed by atoms with van der Waals surface area (Å²) < 4.78 is 5.61. The molecule has 19 heavy (non-hydrogen) atoms. The summed E-state index contributed by atoms with van der Waals surface area (Å²) in [6.45, 7) is 1.44. The number of nitrogens with one attached hydrogen (secondary N) is 2. The highest BCUT2D eigenvalue weighted by atomic mass is 16.5. The molecule has 6 nitrogen and oxygen atoms in total. The highest BCUT2D eigenvalue weighted by molar-refractivity contribution is 5.93. The molecule has 1 aromatic rings. The van der Waals surface area contributed by atoms with Crippen LogP contribution < -0.4 is 16.6 Å². The van der Waals surface area contributed by atoms with E-state index in [0.717, 1.165) is 25.9 Å². The Balaban J connectivity index is 1.77. The Hall–Kier alpha value is -1.66. The average molecular weight is 264 g/mol. The maximum absolute atomic E-state index is 11.9. The topological polar surface area (TPSA) is 89.3 Å². The van der Waals surface area contributed by atoms with E-state index in [2.05, 4.69) is 15.7 Å². The van der Waals surface area contributed by atoms with E-state index >= 15 is 0 Å². The van der Waals surface area contributed by atoms with Crippen LogP contribution in [0.15, 0.2) is 18.3 Å². The summed E-state index contributed by atoms with van der Waals surface area (Å²) in [4.78, 5) is 15.9. The van der Waals surface area contributed by atoms with Gasteiger partial charge in [0, 0.05) is 19.3 Å². The van der Waals surface area contributed by atoms with E-state index in [1.807, 2.05) is 0 Å². The number of ether oxygens (including phenoxy) is 1. The third kappa shape index (κ3) is 4.18. The molecule has 2 rings (SSSR count). The van der Waals surface area contributed by atoms with Crippen LogP contribution in [0.2, 0.25) is 0 Å². The number of hydrazine groups is 1. The van der Waals surface area contributed by atoms with Crippen molar-refractivity contribution >= 4 is 11.6 Å². The number of nitrogen functional groups attached to an aromatic ring is 1. The standard InChI is InChI=1S/C13H20N4O2/c14-17-10-4-6-15-12(9-10)13(18)16-7-5-11-3-1-2-8-19-11/h4,6,9,11H,1-3,5,7-8,14H2,(H,15,17)(H,16,18). The summed E-state index contributed by atoms with van der Waals surface area (Å²) in [5, 5.41) is 2.85. The van der Waals surface area contributed by atoms with Crippen LogP contribution >= 0.6 is 0 Å². The lowest BCUT2D eigenvalue weighted by molar-refractivity contribution is 0.0117. The average Bonchev–Trinajstić information content (AvgIpc) is 2.48. The fourth-order valence-electron chi connectivity index (χ4n) is 2.12. The predicted octanol–water partition coefficient (Wildman–Crippen LogP) is 1.06. The molecule has 0 spiro atoms. The van der Waals surface area contributed by atoms with E-state index in [9.17, 15) is 4.79 Å². The zero-order valence-corrected chi connectivity index (χ0v) is 10.9. The summed E-state index contributed by atoms with van der Waals surface area (Å²) >= 11 is 0. The monoisotopic (exact) mass is 264 g/mol. The van der Waals surface area contributed by atoms with Crippen molar-refractivity contribution in [3.63, 3.8) is 0 Å². The minimum Gasteiger partial charge on any atom is -0.378 e. The van der Waals surface area contributed by atoms with Crippen LogP contribution in [-0.4, -0.2) is 30.1 Å². The summed E-state index contributed by atoms with van der Waals surface area (Å²) in [5.41, 5.74) is 3.51. The lowest BCUT2D eigenvalue weighted by Gasteiger charge is -2.22. The summed E-state index contributed by atoms with van der Waals surface area (Å²) in [5.74, 6) is 5.10. The quantitative estimate of drug-likeness (QED) is 0.546. The van der Waals surface area contributed by atoms with E-state index in [1.54, 1.807) is 18.3 Å².